The van der Waals surface area contributed by atoms with Crippen molar-refractivity contribution < 1.29 is 14.3 Å². The van der Waals surface area contributed by atoms with E-state index in [-0.39, 0.29) is 61.1 Å². The normalized spacial score (nSPS) is 32.2. The van der Waals surface area contributed by atoms with Gasteiger partial charge in [-0.05, 0) is 124 Å². The Balaban J connectivity index is 0.00000368. The molecule has 0 aromatic rings. The number of hydrogen-bond donors (Lipinski definition) is 2. The van der Waals surface area contributed by atoms with E-state index in [1.54, 1.807) is 5.57 Å². The van der Waals surface area contributed by atoms with Crippen LogP contribution in [0.3, 0.4) is 0 Å². The van der Waals surface area contributed by atoms with Crippen molar-refractivity contribution in [2.24, 2.45) is 57.8 Å². The zero-order valence-corrected chi connectivity index (χ0v) is 31.5. The summed E-state index contributed by atoms with van der Waals surface area (Å²) in [4.78, 5) is 27.6. The number of ether oxygens (including phenoxy) is 1. The molecular formula is C38H69Cl2N3O3. The van der Waals surface area contributed by atoms with Gasteiger partial charge in [-0.15, -0.1) is 24.8 Å². The number of carbonyl (C=O) groups is 2. The van der Waals surface area contributed by atoms with Crippen LogP contribution in [0, 0.1) is 46.3 Å². The van der Waals surface area contributed by atoms with Crippen LogP contribution in [0.5, 0.6) is 0 Å². The van der Waals surface area contributed by atoms with Gasteiger partial charge in [-0.3, -0.25) is 9.59 Å². The lowest BCUT2D eigenvalue weighted by Gasteiger charge is -2.58. The first-order valence-corrected chi connectivity index (χ1v) is 18.6. The molecule has 6 nitrogen and oxygen atoms in total. The zero-order chi connectivity index (χ0) is 31.9. The minimum Gasteiger partial charge on any atom is -0.462 e. The highest BCUT2D eigenvalue weighted by molar-refractivity contribution is 5.85. The summed E-state index contributed by atoms with van der Waals surface area (Å²) in [6, 6.07) is 0. The second-order valence-electron chi connectivity index (χ2n) is 16.2. The van der Waals surface area contributed by atoms with Crippen molar-refractivity contribution in [2.75, 3.05) is 26.2 Å². The predicted molar refractivity (Wildman–Crippen MR) is 195 cm³/mol. The Kier molecular flexibility index (Phi) is 16.9. The molecule has 0 bridgehead atoms. The van der Waals surface area contributed by atoms with E-state index in [9.17, 15) is 9.59 Å². The van der Waals surface area contributed by atoms with Gasteiger partial charge in [0.25, 0.3) is 0 Å². The third kappa shape index (κ3) is 9.66. The molecule has 0 heterocycles. The average Bonchev–Trinajstić information content (AvgIpc) is 3.35. The van der Waals surface area contributed by atoms with E-state index in [1.807, 2.05) is 4.90 Å². The molecule has 4 N–H and O–H groups in total. The Morgan fingerprint density at radius 2 is 1.61 bits per heavy atom. The lowest BCUT2D eigenvalue weighted by Crippen LogP contribution is -2.51. The highest BCUT2D eigenvalue weighted by atomic mass is 35.5. The molecule has 0 aliphatic heterocycles. The quantitative estimate of drug-likeness (QED) is 0.0965. The SMILES string of the molecule is CC(C)CCCC(C)[C@H]1CC[C@H]2[C@@H]3CC=C4C[C@@H](OC(=O)CCC(=O)N(CCCN)CCCCN)CC[C@]4(C)[C@H]3CC[C@]12C.Cl.Cl. The van der Waals surface area contributed by atoms with Gasteiger partial charge in [-0.25, -0.2) is 0 Å². The summed E-state index contributed by atoms with van der Waals surface area (Å²) in [6.45, 7) is 15.0. The average molecular weight is 687 g/mol. The minimum absolute atomic E-state index is 0. The summed E-state index contributed by atoms with van der Waals surface area (Å²) in [5.41, 5.74) is 13.6. The predicted octanol–water partition coefficient (Wildman–Crippen LogP) is 8.48. The number of carbonyl (C=O) groups excluding carboxylic acids is 2. The van der Waals surface area contributed by atoms with Crippen molar-refractivity contribution in [1.82, 2.24) is 4.90 Å². The van der Waals surface area contributed by atoms with E-state index in [0.29, 0.717) is 31.6 Å². The third-order valence-corrected chi connectivity index (χ3v) is 13.0. The van der Waals surface area contributed by atoms with Gasteiger partial charge in [-0.2, -0.15) is 0 Å². The van der Waals surface area contributed by atoms with Crippen LogP contribution < -0.4 is 11.5 Å². The van der Waals surface area contributed by atoms with E-state index < -0.39 is 0 Å². The van der Waals surface area contributed by atoms with Gasteiger partial charge < -0.3 is 21.1 Å². The van der Waals surface area contributed by atoms with Gasteiger partial charge in [0, 0.05) is 25.9 Å². The maximum atomic E-state index is 12.9. The van der Waals surface area contributed by atoms with Crippen molar-refractivity contribution in [2.45, 2.75) is 143 Å². The van der Waals surface area contributed by atoms with Crippen LogP contribution >= 0.6 is 24.8 Å². The smallest absolute Gasteiger partial charge is 0.306 e. The van der Waals surface area contributed by atoms with Crippen LogP contribution in [-0.4, -0.2) is 49.1 Å². The topological polar surface area (TPSA) is 98.7 Å². The number of esters is 1. The first-order chi connectivity index (χ1) is 21.0. The molecule has 1 unspecified atom stereocenters. The Morgan fingerprint density at radius 1 is 0.891 bits per heavy atom. The number of rotatable bonds is 16. The Morgan fingerprint density at radius 3 is 2.30 bits per heavy atom. The number of amides is 1. The molecular weight excluding hydrogens is 617 g/mol. The second-order valence-corrected chi connectivity index (χ2v) is 16.2. The Labute approximate surface area is 294 Å². The highest BCUT2D eigenvalue weighted by Crippen LogP contribution is 2.67. The van der Waals surface area contributed by atoms with Crippen molar-refractivity contribution in [1.29, 1.82) is 0 Å². The van der Waals surface area contributed by atoms with Gasteiger partial charge in [0.2, 0.25) is 5.91 Å². The lowest BCUT2D eigenvalue weighted by atomic mass is 9.47. The van der Waals surface area contributed by atoms with Crippen molar-refractivity contribution in [3.63, 3.8) is 0 Å². The summed E-state index contributed by atoms with van der Waals surface area (Å²) in [7, 11) is 0. The Hall–Kier alpha value is -0.820. The number of hydrogen-bond acceptors (Lipinski definition) is 5. The highest BCUT2D eigenvalue weighted by Gasteiger charge is 2.59. The summed E-state index contributed by atoms with van der Waals surface area (Å²) in [5.74, 6) is 4.78. The number of fused-ring (bicyclic) bond motifs is 5. The zero-order valence-electron chi connectivity index (χ0n) is 29.9. The standard InChI is InChI=1S/C38H67N3O3.2ClH/c1-27(2)10-8-11-28(3)32-14-15-33-31-13-12-29-26-30(18-20-37(29,4)34(31)19-21-38(32,33)5)44-36(43)17-16-35(42)41(25-9-23-40)24-7-6-22-39;;/h12,27-28,30-34H,6-11,13-26,39-40H2,1-5H3;2*1H/t28?,30-,31-,32+,33-,34-,37-,38+;;/m0../s1. The molecule has 4 aliphatic rings. The van der Waals surface area contributed by atoms with Crippen molar-refractivity contribution in [3.05, 3.63) is 11.6 Å². The maximum absolute atomic E-state index is 12.9. The molecule has 1 amide bonds. The van der Waals surface area contributed by atoms with Gasteiger partial charge in [-0.1, -0.05) is 65.5 Å². The molecule has 4 rings (SSSR count). The largest absolute Gasteiger partial charge is 0.462 e. The molecule has 0 aromatic heterocycles. The first-order valence-electron chi connectivity index (χ1n) is 18.6. The van der Waals surface area contributed by atoms with Crippen LogP contribution in [-0.2, 0) is 14.3 Å². The molecule has 268 valence electrons. The molecule has 8 heteroatoms. The Bertz CT molecular complexity index is 992. The summed E-state index contributed by atoms with van der Waals surface area (Å²) >= 11 is 0. The van der Waals surface area contributed by atoms with E-state index >= 15 is 0 Å². The molecule has 46 heavy (non-hydrogen) atoms. The van der Waals surface area contributed by atoms with Crippen LogP contribution in [0.1, 0.15) is 137 Å². The van der Waals surface area contributed by atoms with Crippen LogP contribution in [0.4, 0.5) is 0 Å². The van der Waals surface area contributed by atoms with Crippen LogP contribution in [0.15, 0.2) is 11.6 Å². The molecule has 8 atom stereocenters. The molecule has 3 fully saturated rings. The molecule has 0 radical (unpaired) electrons. The van der Waals surface area contributed by atoms with Gasteiger partial charge >= 0.3 is 5.97 Å². The number of unbranched alkanes of at least 4 members (excludes halogenated alkanes) is 1. The fourth-order valence-corrected chi connectivity index (χ4v) is 10.5. The van der Waals surface area contributed by atoms with Crippen LogP contribution in [0.25, 0.3) is 0 Å². The monoisotopic (exact) mass is 685 g/mol. The third-order valence-electron chi connectivity index (χ3n) is 13.0. The lowest BCUT2D eigenvalue weighted by molar-refractivity contribution is -0.153. The number of allylic oxidation sites excluding steroid dienone is 1. The minimum atomic E-state index is -0.227. The first kappa shape index (κ1) is 41.4. The van der Waals surface area contributed by atoms with Gasteiger partial charge in [0.05, 0.1) is 6.42 Å². The number of halogens is 2. The van der Waals surface area contributed by atoms with E-state index in [0.717, 1.165) is 74.0 Å². The van der Waals surface area contributed by atoms with Gasteiger partial charge in [0.1, 0.15) is 6.10 Å². The second kappa shape index (κ2) is 18.8. The fourth-order valence-electron chi connectivity index (χ4n) is 10.5. The van der Waals surface area contributed by atoms with Crippen LogP contribution in [0.2, 0.25) is 0 Å². The summed E-state index contributed by atoms with van der Waals surface area (Å²) < 4.78 is 6.02. The number of nitrogens with zero attached hydrogens (tertiary/aromatic N) is 1. The molecule has 3 saturated carbocycles. The van der Waals surface area contributed by atoms with E-state index in [1.165, 1.54) is 51.4 Å². The van der Waals surface area contributed by atoms with Gasteiger partial charge in [0.15, 0.2) is 0 Å². The molecule has 0 aromatic carbocycles. The van der Waals surface area contributed by atoms with E-state index in [2.05, 4.69) is 40.7 Å². The number of nitrogens with two attached hydrogens (primary N) is 2. The van der Waals surface area contributed by atoms with Crippen molar-refractivity contribution >= 4 is 36.7 Å². The fraction of sp³-hybridized carbons (Fsp3) is 0.895. The van der Waals surface area contributed by atoms with Crippen molar-refractivity contribution in [3.8, 4) is 0 Å². The molecule has 4 aliphatic carbocycles. The molecule has 0 saturated heterocycles. The summed E-state index contributed by atoms with van der Waals surface area (Å²) in [5, 5.41) is 0. The molecule has 0 spiro atoms. The maximum Gasteiger partial charge on any atom is 0.306 e. The summed E-state index contributed by atoms with van der Waals surface area (Å²) in [6.07, 6.45) is 19.3. The van der Waals surface area contributed by atoms with E-state index in [4.69, 9.17) is 16.2 Å².